The minimum absolute atomic E-state index is 0.200. The van der Waals surface area contributed by atoms with Gasteiger partial charge in [-0.05, 0) is 67.4 Å². The highest BCUT2D eigenvalue weighted by molar-refractivity contribution is 6.22. The van der Waals surface area contributed by atoms with Crippen LogP contribution < -0.4 is 10.1 Å². The van der Waals surface area contributed by atoms with Crippen molar-refractivity contribution in [1.29, 1.82) is 5.26 Å². The molecule has 2 heterocycles. The number of nitrogens with one attached hydrogen (secondary N) is 1. The van der Waals surface area contributed by atoms with Crippen LogP contribution in [0.25, 0.3) is 0 Å². The smallest absolute Gasteiger partial charge is 0.261 e. The minimum Gasteiger partial charge on any atom is -0.438 e. The first-order chi connectivity index (χ1) is 16.4. The fraction of sp³-hybridized carbons (Fsp3) is 0.192. The third-order valence-electron chi connectivity index (χ3n) is 5.52. The molecule has 0 spiro atoms. The van der Waals surface area contributed by atoms with Crippen LogP contribution in [0.4, 0.5) is 5.69 Å². The van der Waals surface area contributed by atoms with Crippen molar-refractivity contribution in [3.05, 3.63) is 82.5 Å². The third kappa shape index (κ3) is 4.36. The Morgan fingerprint density at radius 3 is 2.65 bits per heavy atom. The fourth-order valence-corrected chi connectivity index (χ4v) is 3.65. The summed E-state index contributed by atoms with van der Waals surface area (Å²) in [6, 6.07) is 14.9. The van der Waals surface area contributed by atoms with E-state index < -0.39 is 5.91 Å². The number of carbonyl (C=O) groups excluding carboxylic acids is 3. The van der Waals surface area contributed by atoms with E-state index in [-0.39, 0.29) is 28.8 Å². The number of anilines is 1. The monoisotopic (exact) mass is 454 g/mol. The first-order valence-electron chi connectivity index (χ1n) is 10.9. The number of benzene rings is 2. The van der Waals surface area contributed by atoms with Crippen molar-refractivity contribution in [3.8, 4) is 17.7 Å². The second kappa shape index (κ2) is 9.55. The standard InChI is InChI=1S/C26H22N4O4/c1-3-4-12-30-25(32)20-9-7-17(14-21(20)26(30)33)23(31)29-22-10-8-19(13-16(22)2)34-24-18(15-27)6-5-11-28-24/h5-11,13-14H,3-4,12H2,1-2H3,(H,29,31). The normalized spacial score (nSPS) is 12.3. The molecule has 2 aromatic carbocycles. The van der Waals surface area contributed by atoms with Gasteiger partial charge in [-0.15, -0.1) is 0 Å². The summed E-state index contributed by atoms with van der Waals surface area (Å²) in [4.78, 5) is 43.4. The lowest BCUT2D eigenvalue weighted by Crippen LogP contribution is -2.30. The molecule has 0 aliphatic carbocycles. The van der Waals surface area contributed by atoms with Crippen molar-refractivity contribution in [1.82, 2.24) is 9.88 Å². The lowest BCUT2D eigenvalue weighted by atomic mass is 10.0. The van der Waals surface area contributed by atoms with Gasteiger partial charge in [0.2, 0.25) is 5.88 Å². The van der Waals surface area contributed by atoms with E-state index in [0.717, 1.165) is 18.4 Å². The molecule has 1 N–H and O–H groups in total. The predicted molar refractivity (Wildman–Crippen MR) is 125 cm³/mol. The molecule has 8 nitrogen and oxygen atoms in total. The number of aryl methyl sites for hydroxylation is 1. The average Bonchev–Trinajstić information content (AvgIpc) is 3.08. The van der Waals surface area contributed by atoms with Gasteiger partial charge >= 0.3 is 0 Å². The van der Waals surface area contributed by atoms with E-state index in [1.807, 2.05) is 19.9 Å². The lowest BCUT2D eigenvalue weighted by Gasteiger charge is -2.12. The first kappa shape index (κ1) is 22.7. The number of amides is 3. The van der Waals surface area contributed by atoms with Crippen LogP contribution in [-0.2, 0) is 0 Å². The highest BCUT2D eigenvalue weighted by Crippen LogP contribution is 2.28. The number of fused-ring (bicyclic) bond motifs is 1. The Bertz CT molecular complexity index is 1340. The summed E-state index contributed by atoms with van der Waals surface area (Å²) in [5, 5.41) is 12.0. The fourth-order valence-electron chi connectivity index (χ4n) is 3.65. The van der Waals surface area contributed by atoms with E-state index in [0.29, 0.717) is 29.1 Å². The van der Waals surface area contributed by atoms with Gasteiger partial charge < -0.3 is 10.1 Å². The molecule has 0 bridgehead atoms. The largest absolute Gasteiger partial charge is 0.438 e. The van der Waals surface area contributed by atoms with E-state index in [4.69, 9.17) is 4.74 Å². The Balaban J connectivity index is 1.50. The van der Waals surface area contributed by atoms with Gasteiger partial charge in [-0.25, -0.2) is 4.98 Å². The van der Waals surface area contributed by atoms with Gasteiger partial charge in [-0.3, -0.25) is 19.3 Å². The molecular formula is C26H22N4O4. The number of carbonyl (C=O) groups is 3. The maximum Gasteiger partial charge on any atom is 0.261 e. The maximum atomic E-state index is 12.9. The van der Waals surface area contributed by atoms with Crippen LogP contribution in [0.5, 0.6) is 11.6 Å². The summed E-state index contributed by atoms with van der Waals surface area (Å²) >= 11 is 0. The number of hydrogen-bond donors (Lipinski definition) is 1. The van der Waals surface area contributed by atoms with Crippen LogP contribution in [0.1, 0.15) is 62.0 Å². The molecule has 0 saturated carbocycles. The summed E-state index contributed by atoms with van der Waals surface area (Å²) in [6.45, 7) is 4.17. The number of hydrogen-bond acceptors (Lipinski definition) is 6. The summed E-state index contributed by atoms with van der Waals surface area (Å²) in [7, 11) is 0. The van der Waals surface area contributed by atoms with Gasteiger partial charge in [0, 0.05) is 24.0 Å². The molecule has 1 aliphatic rings. The third-order valence-corrected chi connectivity index (χ3v) is 5.52. The van der Waals surface area contributed by atoms with Gasteiger partial charge in [0.25, 0.3) is 17.7 Å². The molecule has 170 valence electrons. The van der Waals surface area contributed by atoms with Gasteiger partial charge in [0.15, 0.2) is 0 Å². The highest BCUT2D eigenvalue weighted by atomic mass is 16.5. The molecular weight excluding hydrogens is 432 g/mol. The van der Waals surface area contributed by atoms with Crippen LogP contribution >= 0.6 is 0 Å². The summed E-state index contributed by atoms with van der Waals surface area (Å²) in [5.74, 6) is -0.416. The minimum atomic E-state index is -0.400. The zero-order chi connectivity index (χ0) is 24.2. The summed E-state index contributed by atoms with van der Waals surface area (Å²) < 4.78 is 5.72. The highest BCUT2D eigenvalue weighted by Gasteiger charge is 2.35. The Labute approximate surface area is 196 Å². The van der Waals surface area contributed by atoms with E-state index in [9.17, 15) is 19.6 Å². The molecule has 0 atom stereocenters. The van der Waals surface area contributed by atoms with Crippen LogP contribution in [0.2, 0.25) is 0 Å². The van der Waals surface area contributed by atoms with Gasteiger partial charge in [-0.2, -0.15) is 5.26 Å². The molecule has 4 rings (SSSR count). The molecule has 0 radical (unpaired) electrons. The Kier molecular flexibility index (Phi) is 6.37. The predicted octanol–water partition coefficient (Wildman–Crippen LogP) is 4.70. The SMILES string of the molecule is CCCCN1C(=O)c2ccc(C(=O)Nc3ccc(Oc4ncccc4C#N)cc3C)cc2C1=O. The Hall–Kier alpha value is -4.51. The van der Waals surface area contributed by atoms with Crippen LogP contribution in [-0.4, -0.2) is 34.2 Å². The van der Waals surface area contributed by atoms with Crippen LogP contribution in [0.3, 0.4) is 0 Å². The number of aromatic nitrogens is 1. The molecule has 1 aromatic heterocycles. The zero-order valence-electron chi connectivity index (χ0n) is 18.8. The number of unbranched alkanes of at least 4 members (excludes halogenated alkanes) is 1. The quantitative estimate of drug-likeness (QED) is 0.518. The number of nitrogens with zero attached hydrogens (tertiary/aromatic N) is 3. The van der Waals surface area contributed by atoms with Crippen molar-refractivity contribution in [2.75, 3.05) is 11.9 Å². The molecule has 8 heteroatoms. The van der Waals surface area contributed by atoms with Crippen LogP contribution in [0.15, 0.2) is 54.7 Å². The number of ether oxygens (including phenoxy) is 1. The van der Waals surface area contributed by atoms with E-state index in [1.165, 1.54) is 23.2 Å². The maximum absolute atomic E-state index is 12.9. The summed E-state index contributed by atoms with van der Waals surface area (Å²) in [5.41, 5.74) is 2.46. The van der Waals surface area contributed by atoms with Gasteiger partial charge in [0.05, 0.1) is 11.1 Å². The molecule has 34 heavy (non-hydrogen) atoms. The second-order valence-corrected chi connectivity index (χ2v) is 7.88. The molecule has 3 amide bonds. The molecule has 0 unspecified atom stereocenters. The molecule has 3 aromatic rings. The van der Waals surface area contributed by atoms with E-state index in [2.05, 4.69) is 10.3 Å². The zero-order valence-corrected chi connectivity index (χ0v) is 18.8. The number of imide groups is 1. The number of pyridine rings is 1. The van der Waals surface area contributed by atoms with Crippen molar-refractivity contribution in [2.45, 2.75) is 26.7 Å². The van der Waals surface area contributed by atoms with E-state index >= 15 is 0 Å². The lowest BCUT2D eigenvalue weighted by molar-refractivity contribution is 0.0652. The second-order valence-electron chi connectivity index (χ2n) is 7.88. The summed E-state index contributed by atoms with van der Waals surface area (Å²) in [6.07, 6.45) is 3.14. The Morgan fingerprint density at radius 1 is 1.12 bits per heavy atom. The van der Waals surface area contributed by atoms with Crippen LogP contribution in [0, 0.1) is 18.3 Å². The van der Waals surface area contributed by atoms with Crippen molar-refractivity contribution < 1.29 is 19.1 Å². The molecule has 0 saturated heterocycles. The van der Waals surface area contributed by atoms with Gasteiger partial charge in [0.1, 0.15) is 17.4 Å². The number of nitriles is 1. The number of rotatable bonds is 7. The molecule has 1 aliphatic heterocycles. The van der Waals surface area contributed by atoms with Crippen molar-refractivity contribution in [3.63, 3.8) is 0 Å². The first-order valence-corrected chi connectivity index (χ1v) is 10.9. The topological polar surface area (TPSA) is 112 Å². The Morgan fingerprint density at radius 2 is 1.91 bits per heavy atom. The van der Waals surface area contributed by atoms with Gasteiger partial charge in [-0.1, -0.05) is 13.3 Å². The van der Waals surface area contributed by atoms with E-state index in [1.54, 1.807) is 36.4 Å². The molecule has 0 fully saturated rings. The average molecular weight is 454 g/mol. The van der Waals surface area contributed by atoms with Crippen molar-refractivity contribution >= 4 is 23.4 Å². The van der Waals surface area contributed by atoms with Crippen molar-refractivity contribution in [2.24, 2.45) is 0 Å².